The third-order valence-electron chi connectivity index (χ3n) is 4.26. The summed E-state index contributed by atoms with van der Waals surface area (Å²) in [6.45, 7) is 0. The van der Waals surface area contributed by atoms with Crippen LogP contribution in [-0.2, 0) is 4.79 Å². The maximum Gasteiger partial charge on any atom is 0.227 e. The lowest BCUT2D eigenvalue weighted by Gasteiger charge is -2.30. The fraction of sp³-hybridized carbons (Fsp3) is 0.375. The lowest BCUT2D eigenvalue weighted by atomic mass is 9.84. The highest BCUT2D eigenvalue weighted by Gasteiger charge is 2.31. The lowest BCUT2D eigenvalue weighted by molar-refractivity contribution is -0.122. The summed E-state index contributed by atoms with van der Waals surface area (Å²) in [6, 6.07) is 3.06. The van der Waals surface area contributed by atoms with E-state index < -0.39 is 17.7 Å². The van der Waals surface area contributed by atoms with E-state index in [9.17, 15) is 18.7 Å². The molecule has 0 radical (unpaired) electrons. The molecule has 1 aromatic carbocycles. The van der Waals surface area contributed by atoms with E-state index in [2.05, 4.69) is 10.3 Å². The van der Waals surface area contributed by atoms with Gasteiger partial charge in [0, 0.05) is 29.6 Å². The summed E-state index contributed by atoms with van der Waals surface area (Å²) in [6.07, 6.45) is 2.03. The molecule has 3 atom stereocenters. The fourth-order valence-corrected chi connectivity index (χ4v) is 2.93. The second-order valence-electron chi connectivity index (χ2n) is 5.87. The number of halogens is 2. The predicted molar refractivity (Wildman–Crippen MR) is 81.6 cm³/mol. The van der Waals surface area contributed by atoms with Crippen LogP contribution in [0.3, 0.4) is 0 Å². The number of rotatable bonds is 2. The number of aromatic nitrogens is 1. The lowest BCUT2D eigenvalue weighted by Crippen LogP contribution is -2.43. The van der Waals surface area contributed by atoms with Crippen molar-refractivity contribution in [3.05, 3.63) is 36.0 Å². The van der Waals surface area contributed by atoms with Crippen molar-refractivity contribution in [1.82, 2.24) is 4.98 Å². The quantitative estimate of drug-likeness (QED) is 0.789. The van der Waals surface area contributed by atoms with Crippen molar-refractivity contribution >= 4 is 22.5 Å². The Morgan fingerprint density at radius 1 is 1.35 bits per heavy atom. The summed E-state index contributed by atoms with van der Waals surface area (Å²) in [5.41, 5.74) is 6.02. The van der Waals surface area contributed by atoms with Crippen LogP contribution in [0.4, 0.5) is 14.5 Å². The number of nitrogens with two attached hydrogens (primary N) is 1. The normalized spacial score (nSPS) is 24.6. The Bertz CT molecular complexity index is 753. The number of carbonyl (C=O) groups excluding carboxylic acids is 1. The highest BCUT2D eigenvalue weighted by Crippen LogP contribution is 2.28. The van der Waals surface area contributed by atoms with Crippen molar-refractivity contribution in [2.24, 2.45) is 11.7 Å². The molecular weight excluding hydrogens is 304 g/mol. The molecule has 7 heteroatoms. The molecule has 5 nitrogen and oxygen atoms in total. The fourth-order valence-electron chi connectivity index (χ4n) is 2.93. The topological polar surface area (TPSA) is 88.2 Å². The number of aliphatic hydroxyl groups is 1. The number of benzene rings is 1. The molecular formula is C16H17F2N3O2. The number of fused-ring (bicyclic) bond motifs is 1. The molecule has 0 spiro atoms. The van der Waals surface area contributed by atoms with E-state index in [1.807, 2.05) is 0 Å². The highest BCUT2D eigenvalue weighted by molar-refractivity contribution is 6.01. The number of nitrogens with one attached hydrogen (secondary N) is 1. The number of aliphatic hydroxyl groups excluding tert-OH is 1. The van der Waals surface area contributed by atoms with E-state index in [1.165, 1.54) is 12.3 Å². The Morgan fingerprint density at radius 3 is 2.87 bits per heavy atom. The molecule has 1 aromatic heterocycles. The van der Waals surface area contributed by atoms with Gasteiger partial charge in [0.1, 0.15) is 11.3 Å². The molecule has 1 heterocycles. The molecule has 1 saturated carbocycles. The molecule has 1 amide bonds. The molecule has 1 aliphatic carbocycles. The van der Waals surface area contributed by atoms with Crippen LogP contribution in [0.1, 0.15) is 19.3 Å². The maximum atomic E-state index is 13.8. The summed E-state index contributed by atoms with van der Waals surface area (Å²) >= 11 is 0. The van der Waals surface area contributed by atoms with Gasteiger partial charge in [0.15, 0.2) is 5.82 Å². The Hall–Kier alpha value is -2.12. The average molecular weight is 321 g/mol. The van der Waals surface area contributed by atoms with Crippen molar-refractivity contribution < 1.29 is 18.7 Å². The number of nitrogens with zero attached hydrogens (tertiary/aromatic N) is 1. The van der Waals surface area contributed by atoms with Gasteiger partial charge in [0.05, 0.1) is 11.8 Å². The van der Waals surface area contributed by atoms with E-state index >= 15 is 0 Å². The van der Waals surface area contributed by atoms with Gasteiger partial charge in [-0.15, -0.1) is 0 Å². The Balaban J connectivity index is 1.85. The largest absolute Gasteiger partial charge is 0.391 e. The molecule has 1 aliphatic rings. The average Bonchev–Trinajstić information content (AvgIpc) is 2.50. The molecule has 0 bridgehead atoms. The third kappa shape index (κ3) is 3.16. The predicted octanol–water partition coefficient (Wildman–Crippen LogP) is 1.94. The van der Waals surface area contributed by atoms with Crippen LogP contribution in [0, 0.1) is 17.6 Å². The smallest absolute Gasteiger partial charge is 0.227 e. The summed E-state index contributed by atoms with van der Waals surface area (Å²) in [7, 11) is 0. The number of hydrogen-bond acceptors (Lipinski definition) is 4. The zero-order valence-electron chi connectivity index (χ0n) is 12.3. The van der Waals surface area contributed by atoms with Gasteiger partial charge in [-0.2, -0.15) is 0 Å². The van der Waals surface area contributed by atoms with Crippen LogP contribution in [0.25, 0.3) is 10.9 Å². The molecule has 0 saturated heterocycles. The summed E-state index contributed by atoms with van der Waals surface area (Å²) in [4.78, 5) is 16.2. The van der Waals surface area contributed by atoms with E-state index in [0.717, 1.165) is 12.1 Å². The summed E-state index contributed by atoms with van der Waals surface area (Å²) < 4.78 is 27.2. The maximum absolute atomic E-state index is 13.8. The molecule has 0 aliphatic heterocycles. The SMILES string of the molecule is N[C@@H]1CCC(C(=O)Nc2ccnc3c(F)cc(F)cc23)CC1O. The van der Waals surface area contributed by atoms with Gasteiger partial charge in [-0.3, -0.25) is 9.78 Å². The van der Waals surface area contributed by atoms with Crippen molar-refractivity contribution in [2.45, 2.75) is 31.4 Å². The zero-order valence-corrected chi connectivity index (χ0v) is 12.3. The third-order valence-corrected chi connectivity index (χ3v) is 4.26. The minimum Gasteiger partial charge on any atom is -0.391 e. The van der Waals surface area contributed by atoms with Gasteiger partial charge in [-0.05, 0) is 31.4 Å². The molecule has 1 fully saturated rings. The first-order valence-corrected chi connectivity index (χ1v) is 7.44. The van der Waals surface area contributed by atoms with Crippen LogP contribution >= 0.6 is 0 Å². The monoisotopic (exact) mass is 321 g/mol. The first-order valence-electron chi connectivity index (χ1n) is 7.44. The van der Waals surface area contributed by atoms with E-state index in [-0.39, 0.29) is 35.2 Å². The molecule has 2 aromatic rings. The number of hydrogen-bond donors (Lipinski definition) is 3. The van der Waals surface area contributed by atoms with Crippen molar-refractivity contribution in [3.8, 4) is 0 Å². The first-order chi connectivity index (χ1) is 11.0. The van der Waals surface area contributed by atoms with Crippen LogP contribution in [-0.4, -0.2) is 28.1 Å². The molecule has 23 heavy (non-hydrogen) atoms. The van der Waals surface area contributed by atoms with Crippen LogP contribution in [0.2, 0.25) is 0 Å². The van der Waals surface area contributed by atoms with Gasteiger partial charge < -0.3 is 16.2 Å². The van der Waals surface area contributed by atoms with Gasteiger partial charge in [-0.1, -0.05) is 0 Å². The van der Waals surface area contributed by atoms with E-state index in [4.69, 9.17) is 5.73 Å². The second kappa shape index (κ2) is 6.17. The van der Waals surface area contributed by atoms with Gasteiger partial charge in [-0.25, -0.2) is 8.78 Å². The molecule has 2 unspecified atom stereocenters. The molecule has 3 rings (SSSR count). The van der Waals surface area contributed by atoms with Crippen LogP contribution in [0.5, 0.6) is 0 Å². The van der Waals surface area contributed by atoms with Crippen molar-refractivity contribution in [2.75, 3.05) is 5.32 Å². The molecule has 122 valence electrons. The summed E-state index contributed by atoms with van der Waals surface area (Å²) in [5.74, 6) is -2.20. The van der Waals surface area contributed by atoms with E-state index in [1.54, 1.807) is 0 Å². The zero-order chi connectivity index (χ0) is 16.6. The molecule has 4 N–H and O–H groups in total. The number of carbonyl (C=O) groups is 1. The van der Waals surface area contributed by atoms with Gasteiger partial charge >= 0.3 is 0 Å². The van der Waals surface area contributed by atoms with Crippen molar-refractivity contribution in [1.29, 1.82) is 0 Å². The number of anilines is 1. The summed E-state index contributed by atoms with van der Waals surface area (Å²) in [5, 5.41) is 12.7. The standard InChI is InChI=1S/C16H17F2N3O2/c17-9-6-10-13(3-4-20-15(10)11(18)7-9)21-16(23)8-1-2-12(19)14(22)5-8/h3-4,6-8,12,14,22H,1-2,5,19H2,(H,20,21,23)/t8?,12-,14?/m1/s1. The van der Waals surface area contributed by atoms with Gasteiger partial charge in [0.25, 0.3) is 0 Å². The number of pyridine rings is 1. The highest BCUT2D eigenvalue weighted by atomic mass is 19.1. The Kier molecular flexibility index (Phi) is 4.23. The first kappa shape index (κ1) is 15.8. The second-order valence-corrected chi connectivity index (χ2v) is 5.87. The van der Waals surface area contributed by atoms with E-state index in [0.29, 0.717) is 18.5 Å². The van der Waals surface area contributed by atoms with Crippen LogP contribution in [0.15, 0.2) is 24.4 Å². The Morgan fingerprint density at radius 2 is 2.13 bits per heavy atom. The minimum atomic E-state index is -0.782. The van der Waals surface area contributed by atoms with Crippen molar-refractivity contribution in [3.63, 3.8) is 0 Å². The van der Waals surface area contributed by atoms with Crippen LogP contribution < -0.4 is 11.1 Å². The Labute approximate surface area is 131 Å². The minimum absolute atomic E-state index is 0.00472. The van der Waals surface area contributed by atoms with Gasteiger partial charge in [0.2, 0.25) is 5.91 Å². The number of amides is 1.